The number of nitrogens with zero attached hydrogens (tertiary/aromatic N) is 1. The van der Waals surface area contributed by atoms with Crippen molar-refractivity contribution in [2.45, 2.75) is 27.7 Å². The summed E-state index contributed by atoms with van der Waals surface area (Å²) < 4.78 is 17.2. The number of methoxy groups -OCH3 is 1. The molecule has 0 fully saturated rings. The van der Waals surface area contributed by atoms with Gasteiger partial charge in [0.2, 0.25) is 5.91 Å². The van der Waals surface area contributed by atoms with Gasteiger partial charge in [-0.3, -0.25) is 4.79 Å². The van der Waals surface area contributed by atoms with Crippen molar-refractivity contribution in [3.63, 3.8) is 0 Å². The van der Waals surface area contributed by atoms with Gasteiger partial charge in [0.25, 0.3) is 0 Å². The number of amides is 1. The van der Waals surface area contributed by atoms with Crippen molar-refractivity contribution in [3.8, 4) is 22.6 Å². The molecule has 0 spiro atoms. The number of aromatic nitrogens is 1. The van der Waals surface area contributed by atoms with Gasteiger partial charge in [-0.15, -0.1) is 0 Å². The standard InChI is InChI=1S/C28H28N2O4/c1-6-33-21-12-10-20(11-13-21)24-16-34-28-19(4)27(32-5)22(15-23(24)28)17(2)14-26(31)30-25-9-7-8-18(3)29-25/h7-16H,6H2,1-5H3,(H,29,30,31)/b17-14+. The van der Waals surface area contributed by atoms with E-state index >= 15 is 0 Å². The zero-order valence-corrected chi connectivity index (χ0v) is 20.1. The minimum absolute atomic E-state index is 0.255. The number of fused-ring (bicyclic) bond motifs is 1. The molecular formula is C28H28N2O4. The Balaban J connectivity index is 1.73. The fraction of sp³-hybridized carbons (Fsp3) is 0.214. The van der Waals surface area contributed by atoms with E-state index in [0.29, 0.717) is 18.2 Å². The van der Waals surface area contributed by atoms with Crippen molar-refractivity contribution in [1.82, 2.24) is 4.98 Å². The van der Waals surface area contributed by atoms with Crippen molar-refractivity contribution >= 4 is 28.3 Å². The van der Waals surface area contributed by atoms with Crippen LogP contribution in [0.3, 0.4) is 0 Å². The first-order chi connectivity index (χ1) is 16.4. The van der Waals surface area contributed by atoms with Crippen LogP contribution in [0, 0.1) is 13.8 Å². The second-order valence-electron chi connectivity index (χ2n) is 8.05. The number of benzene rings is 2. The first-order valence-corrected chi connectivity index (χ1v) is 11.2. The first-order valence-electron chi connectivity index (χ1n) is 11.2. The molecule has 1 amide bonds. The van der Waals surface area contributed by atoms with Gasteiger partial charge in [-0.2, -0.15) is 0 Å². The molecule has 0 aliphatic rings. The van der Waals surface area contributed by atoms with Gasteiger partial charge >= 0.3 is 0 Å². The van der Waals surface area contributed by atoms with E-state index in [2.05, 4.69) is 10.3 Å². The van der Waals surface area contributed by atoms with Crippen molar-refractivity contribution in [1.29, 1.82) is 0 Å². The summed E-state index contributed by atoms with van der Waals surface area (Å²) >= 11 is 0. The molecule has 6 heteroatoms. The highest BCUT2D eigenvalue weighted by Gasteiger charge is 2.19. The van der Waals surface area contributed by atoms with Gasteiger partial charge in [-0.25, -0.2) is 4.98 Å². The Kier molecular flexibility index (Phi) is 6.68. The van der Waals surface area contributed by atoms with Gasteiger partial charge < -0.3 is 19.2 Å². The molecular weight excluding hydrogens is 428 g/mol. The van der Waals surface area contributed by atoms with Gasteiger partial charge in [-0.05, 0) is 69.2 Å². The van der Waals surface area contributed by atoms with Gasteiger partial charge in [0.15, 0.2) is 0 Å². The molecule has 0 bridgehead atoms. The quantitative estimate of drug-likeness (QED) is 0.319. The Morgan fingerprint density at radius 1 is 1.15 bits per heavy atom. The fourth-order valence-electron chi connectivity index (χ4n) is 4.04. The lowest BCUT2D eigenvalue weighted by atomic mass is 9.96. The van der Waals surface area contributed by atoms with E-state index in [1.54, 1.807) is 25.5 Å². The topological polar surface area (TPSA) is 73.6 Å². The Morgan fingerprint density at radius 3 is 2.59 bits per heavy atom. The monoisotopic (exact) mass is 456 g/mol. The number of allylic oxidation sites excluding steroid dienone is 1. The number of carbonyl (C=O) groups is 1. The van der Waals surface area contributed by atoms with Gasteiger partial charge in [0, 0.05) is 33.8 Å². The molecule has 0 aliphatic carbocycles. The molecule has 0 unspecified atom stereocenters. The molecule has 4 rings (SSSR count). The van der Waals surface area contributed by atoms with Crippen molar-refractivity contribution < 1.29 is 18.7 Å². The average Bonchev–Trinajstić information content (AvgIpc) is 3.24. The molecule has 0 atom stereocenters. The first kappa shape index (κ1) is 23.1. The number of aryl methyl sites for hydroxylation is 2. The lowest BCUT2D eigenvalue weighted by Gasteiger charge is -2.13. The van der Waals surface area contributed by atoms with Crippen LogP contribution in [0.4, 0.5) is 5.82 Å². The van der Waals surface area contributed by atoms with E-state index < -0.39 is 0 Å². The van der Waals surface area contributed by atoms with Crippen molar-refractivity contribution in [2.75, 3.05) is 19.0 Å². The molecule has 1 N–H and O–H groups in total. The molecule has 2 aromatic carbocycles. The maximum absolute atomic E-state index is 12.7. The summed E-state index contributed by atoms with van der Waals surface area (Å²) in [6.45, 7) is 8.31. The maximum atomic E-state index is 12.7. The molecule has 174 valence electrons. The highest BCUT2D eigenvalue weighted by molar-refractivity contribution is 6.05. The lowest BCUT2D eigenvalue weighted by Crippen LogP contribution is -2.10. The van der Waals surface area contributed by atoms with Crippen LogP contribution in [0.25, 0.3) is 27.7 Å². The number of pyridine rings is 1. The summed E-state index contributed by atoms with van der Waals surface area (Å²) in [6.07, 6.45) is 3.31. The summed E-state index contributed by atoms with van der Waals surface area (Å²) in [5, 5.41) is 3.77. The van der Waals surface area contributed by atoms with Crippen LogP contribution in [0.15, 0.2) is 65.3 Å². The predicted octanol–water partition coefficient (Wildman–Crippen LogP) is 6.56. The second-order valence-corrected chi connectivity index (χ2v) is 8.05. The minimum Gasteiger partial charge on any atom is -0.496 e. The second kappa shape index (κ2) is 9.83. The van der Waals surface area contributed by atoms with Gasteiger partial charge in [-0.1, -0.05) is 18.2 Å². The van der Waals surface area contributed by atoms with Crippen molar-refractivity contribution in [3.05, 3.63) is 77.7 Å². The number of carbonyl (C=O) groups excluding carboxylic acids is 1. The maximum Gasteiger partial charge on any atom is 0.249 e. The normalized spacial score (nSPS) is 11.5. The number of nitrogens with one attached hydrogen (secondary N) is 1. The Morgan fingerprint density at radius 2 is 1.91 bits per heavy atom. The number of rotatable bonds is 7. The Hall–Kier alpha value is -4.06. The van der Waals surface area contributed by atoms with E-state index in [4.69, 9.17) is 13.9 Å². The fourth-order valence-corrected chi connectivity index (χ4v) is 4.04. The van der Waals surface area contributed by atoms with Gasteiger partial charge in [0.1, 0.15) is 22.9 Å². The number of ether oxygens (including phenoxy) is 2. The van der Waals surface area contributed by atoms with E-state index in [1.807, 2.05) is 70.2 Å². The summed E-state index contributed by atoms with van der Waals surface area (Å²) in [5.41, 5.74) is 6.04. The summed E-state index contributed by atoms with van der Waals surface area (Å²) in [4.78, 5) is 17.0. The number of hydrogen-bond donors (Lipinski definition) is 1. The van der Waals surface area contributed by atoms with Crippen LogP contribution in [0.1, 0.15) is 30.7 Å². The Bertz CT molecular complexity index is 1370. The molecule has 2 aromatic heterocycles. The van der Waals surface area contributed by atoms with Crippen LogP contribution < -0.4 is 14.8 Å². The van der Waals surface area contributed by atoms with E-state index in [9.17, 15) is 4.79 Å². The molecule has 4 aromatic rings. The SMILES string of the molecule is CCOc1ccc(-c2coc3c(C)c(OC)c(/C(C)=C/C(=O)Nc4cccc(C)n4)cc23)cc1. The van der Waals surface area contributed by atoms with Crippen LogP contribution in [-0.4, -0.2) is 24.6 Å². The minimum atomic E-state index is -0.255. The molecule has 0 aliphatic heterocycles. The third-order valence-corrected chi connectivity index (χ3v) is 5.64. The zero-order chi connectivity index (χ0) is 24.2. The van der Waals surface area contributed by atoms with Crippen LogP contribution in [0.5, 0.6) is 11.5 Å². The largest absolute Gasteiger partial charge is 0.496 e. The third-order valence-electron chi connectivity index (χ3n) is 5.64. The van der Waals surface area contributed by atoms with Crippen molar-refractivity contribution in [2.24, 2.45) is 0 Å². The van der Waals surface area contributed by atoms with Crippen LogP contribution in [-0.2, 0) is 4.79 Å². The number of hydrogen-bond acceptors (Lipinski definition) is 5. The lowest BCUT2D eigenvalue weighted by molar-refractivity contribution is -0.111. The molecule has 2 heterocycles. The van der Waals surface area contributed by atoms with Crippen LogP contribution in [0.2, 0.25) is 0 Å². The number of anilines is 1. The molecule has 0 radical (unpaired) electrons. The highest BCUT2D eigenvalue weighted by Crippen LogP contribution is 2.40. The third kappa shape index (κ3) is 4.66. The number of furan rings is 1. The predicted molar refractivity (Wildman–Crippen MR) is 135 cm³/mol. The highest BCUT2D eigenvalue weighted by atomic mass is 16.5. The zero-order valence-electron chi connectivity index (χ0n) is 20.1. The van der Waals surface area contributed by atoms with E-state index in [-0.39, 0.29) is 5.91 Å². The smallest absolute Gasteiger partial charge is 0.249 e. The summed E-state index contributed by atoms with van der Waals surface area (Å²) in [7, 11) is 1.62. The molecule has 0 saturated carbocycles. The van der Waals surface area contributed by atoms with E-state index in [0.717, 1.165) is 50.2 Å². The average molecular weight is 457 g/mol. The Labute approximate surface area is 199 Å². The summed E-state index contributed by atoms with van der Waals surface area (Å²) in [5.74, 6) is 1.76. The summed E-state index contributed by atoms with van der Waals surface area (Å²) in [6, 6.07) is 15.4. The van der Waals surface area contributed by atoms with E-state index in [1.165, 1.54) is 0 Å². The molecule has 6 nitrogen and oxygen atoms in total. The van der Waals surface area contributed by atoms with Gasteiger partial charge in [0.05, 0.1) is 20.0 Å². The van der Waals surface area contributed by atoms with Crippen LogP contribution >= 0.6 is 0 Å². The molecule has 0 saturated heterocycles. The molecule has 34 heavy (non-hydrogen) atoms.